The molecule has 3 aromatic rings. The Bertz CT molecular complexity index is 1110. The molecular formula is C22H20N2O4S. The number of nitrogens with one attached hydrogen (secondary N) is 1. The van der Waals surface area contributed by atoms with E-state index >= 15 is 0 Å². The molecule has 0 radical (unpaired) electrons. The fourth-order valence-electron chi connectivity index (χ4n) is 3.37. The highest BCUT2D eigenvalue weighted by Crippen LogP contribution is 2.34. The molecule has 0 aliphatic carbocycles. The van der Waals surface area contributed by atoms with Gasteiger partial charge in [0.1, 0.15) is 5.75 Å². The largest absolute Gasteiger partial charge is 0.496 e. The lowest BCUT2D eigenvalue weighted by Crippen LogP contribution is -2.48. The summed E-state index contributed by atoms with van der Waals surface area (Å²) in [5, 5.41) is 5.09. The Hall–Kier alpha value is -3.19. The molecule has 29 heavy (non-hydrogen) atoms. The van der Waals surface area contributed by atoms with E-state index in [2.05, 4.69) is 10.3 Å². The predicted octanol–water partition coefficient (Wildman–Crippen LogP) is 4.24. The molecule has 0 saturated carbocycles. The van der Waals surface area contributed by atoms with Crippen LogP contribution in [0.1, 0.15) is 28.4 Å². The Morgan fingerprint density at radius 1 is 1.24 bits per heavy atom. The Morgan fingerprint density at radius 2 is 2.03 bits per heavy atom. The van der Waals surface area contributed by atoms with Crippen molar-refractivity contribution in [1.82, 2.24) is 4.98 Å². The Kier molecular flexibility index (Phi) is 4.84. The van der Waals surface area contributed by atoms with E-state index in [1.54, 1.807) is 26.2 Å². The van der Waals surface area contributed by atoms with Crippen LogP contribution < -0.4 is 10.1 Å². The number of amides is 1. The Labute approximate surface area is 172 Å². The minimum Gasteiger partial charge on any atom is -0.496 e. The summed E-state index contributed by atoms with van der Waals surface area (Å²) in [4.78, 5) is 29.8. The summed E-state index contributed by atoms with van der Waals surface area (Å²) >= 11 is 1.31. The second kappa shape index (κ2) is 7.33. The quantitative estimate of drug-likeness (QED) is 0.654. The van der Waals surface area contributed by atoms with Gasteiger partial charge in [-0.05, 0) is 37.6 Å². The third-order valence-corrected chi connectivity index (χ3v) is 5.68. The van der Waals surface area contributed by atoms with Crippen LogP contribution in [-0.4, -0.2) is 29.6 Å². The van der Waals surface area contributed by atoms with Crippen molar-refractivity contribution >= 4 is 28.3 Å². The number of carbonyl (C=O) groups is 2. The molecule has 4 rings (SSSR count). The van der Waals surface area contributed by atoms with Gasteiger partial charge in [-0.25, -0.2) is 9.78 Å². The van der Waals surface area contributed by atoms with Crippen molar-refractivity contribution in [3.63, 3.8) is 0 Å². The van der Waals surface area contributed by atoms with Gasteiger partial charge >= 0.3 is 5.97 Å². The number of aromatic nitrogens is 1. The van der Waals surface area contributed by atoms with E-state index in [4.69, 9.17) is 9.47 Å². The van der Waals surface area contributed by atoms with Gasteiger partial charge in [0.15, 0.2) is 10.7 Å². The summed E-state index contributed by atoms with van der Waals surface area (Å²) in [6.45, 7) is 3.61. The number of methoxy groups -OCH3 is 1. The molecule has 1 amide bonds. The number of fused-ring (bicyclic) bond motifs is 1. The third-order valence-electron chi connectivity index (χ3n) is 4.92. The van der Waals surface area contributed by atoms with Crippen LogP contribution in [0.5, 0.6) is 5.75 Å². The highest BCUT2D eigenvalue weighted by molar-refractivity contribution is 7.14. The molecule has 1 N–H and O–H groups in total. The number of hydrogen-bond acceptors (Lipinski definition) is 6. The minimum atomic E-state index is -1.29. The average Bonchev–Trinajstić information content (AvgIpc) is 3.16. The zero-order chi connectivity index (χ0) is 20.6. The summed E-state index contributed by atoms with van der Waals surface area (Å²) in [6.07, 6.45) is 0.310. The van der Waals surface area contributed by atoms with Gasteiger partial charge in [-0.1, -0.05) is 29.8 Å². The predicted molar refractivity (Wildman–Crippen MR) is 111 cm³/mol. The van der Waals surface area contributed by atoms with E-state index in [1.807, 2.05) is 42.6 Å². The fourth-order valence-corrected chi connectivity index (χ4v) is 4.07. The molecule has 148 valence electrons. The number of nitrogens with zero attached hydrogens (tertiary/aromatic N) is 1. The second-order valence-electron chi connectivity index (χ2n) is 7.15. The van der Waals surface area contributed by atoms with Crippen LogP contribution in [0.4, 0.5) is 5.13 Å². The van der Waals surface area contributed by atoms with E-state index in [0.29, 0.717) is 28.6 Å². The highest BCUT2D eigenvalue weighted by Gasteiger charge is 2.42. The lowest BCUT2D eigenvalue weighted by Gasteiger charge is -2.32. The van der Waals surface area contributed by atoms with Gasteiger partial charge in [0.25, 0.3) is 5.91 Å². The van der Waals surface area contributed by atoms with Gasteiger partial charge < -0.3 is 9.47 Å². The molecule has 0 spiro atoms. The van der Waals surface area contributed by atoms with Crippen LogP contribution in [0.3, 0.4) is 0 Å². The Morgan fingerprint density at radius 3 is 2.83 bits per heavy atom. The molecule has 2 heterocycles. The van der Waals surface area contributed by atoms with E-state index in [1.165, 1.54) is 11.3 Å². The second-order valence-corrected chi connectivity index (χ2v) is 8.01. The average molecular weight is 408 g/mol. The summed E-state index contributed by atoms with van der Waals surface area (Å²) < 4.78 is 10.9. The summed E-state index contributed by atoms with van der Waals surface area (Å²) in [5.74, 6) is -0.185. The van der Waals surface area contributed by atoms with Crippen LogP contribution in [0.15, 0.2) is 47.8 Å². The topological polar surface area (TPSA) is 77.5 Å². The molecular weight excluding hydrogens is 388 g/mol. The first-order valence-corrected chi connectivity index (χ1v) is 10.0. The third kappa shape index (κ3) is 3.61. The molecule has 0 saturated heterocycles. The first-order chi connectivity index (χ1) is 13.9. The molecule has 2 aromatic carbocycles. The van der Waals surface area contributed by atoms with Crippen molar-refractivity contribution in [2.24, 2.45) is 0 Å². The van der Waals surface area contributed by atoms with Gasteiger partial charge in [-0.3, -0.25) is 10.1 Å². The zero-order valence-corrected chi connectivity index (χ0v) is 17.1. The maximum Gasteiger partial charge on any atom is 0.339 e. The van der Waals surface area contributed by atoms with Gasteiger partial charge in [0.2, 0.25) is 0 Å². The first kappa shape index (κ1) is 19.1. The van der Waals surface area contributed by atoms with Crippen molar-refractivity contribution < 1.29 is 19.1 Å². The normalized spacial score (nSPS) is 18.0. The molecule has 1 aromatic heterocycles. The molecule has 0 fully saturated rings. The molecule has 0 bridgehead atoms. The molecule has 1 aliphatic heterocycles. The van der Waals surface area contributed by atoms with Crippen LogP contribution >= 0.6 is 11.3 Å². The number of rotatable bonds is 4. The number of thiazole rings is 1. The SMILES string of the molecule is COc1ccc(C)cc1-c1csc(NC(=O)C2(C)Cc3ccccc3C(=O)O2)n1. The molecule has 1 atom stereocenters. The van der Waals surface area contributed by atoms with Crippen LogP contribution in [0.2, 0.25) is 0 Å². The summed E-state index contributed by atoms with van der Waals surface area (Å²) in [6, 6.07) is 13.0. The number of ether oxygens (including phenoxy) is 2. The zero-order valence-electron chi connectivity index (χ0n) is 16.3. The number of carbonyl (C=O) groups excluding carboxylic acids is 2. The summed E-state index contributed by atoms with van der Waals surface area (Å²) in [5.41, 5.74) is 2.65. The molecule has 1 unspecified atom stereocenters. The number of cyclic esters (lactones) is 1. The number of hydrogen-bond donors (Lipinski definition) is 1. The highest BCUT2D eigenvalue weighted by atomic mass is 32.1. The van der Waals surface area contributed by atoms with E-state index in [0.717, 1.165) is 16.7 Å². The molecule has 7 heteroatoms. The van der Waals surface area contributed by atoms with Crippen LogP contribution in [0.25, 0.3) is 11.3 Å². The Balaban J connectivity index is 1.56. The monoisotopic (exact) mass is 408 g/mol. The number of benzene rings is 2. The molecule has 1 aliphatic rings. The van der Waals surface area contributed by atoms with E-state index in [9.17, 15) is 9.59 Å². The molecule has 6 nitrogen and oxygen atoms in total. The van der Waals surface area contributed by atoms with E-state index < -0.39 is 17.5 Å². The van der Waals surface area contributed by atoms with Crippen molar-refractivity contribution in [2.45, 2.75) is 25.9 Å². The standard InChI is InChI=1S/C22H20N2O4S/c1-13-8-9-18(27-3)16(10-13)17-12-29-21(23-17)24-20(26)22(2)11-14-6-4-5-7-15(14)19(25)28-22/h4-10,12H,11H2,1-3H3,(H,23,24,26). The number of aryl methyl sites for hydroxylation is 1. The van der Waals surface area contributed by atoms with Crippen molar-refractivity contribution in [3.05, 3.63) is 64.5 Å². The maximum absolute atomic E-state index is 12.9. The van der Waals surface area contributed by atoms with Crippen molar-refractivity contribution in [3.8, 4) is 17.0 Å². The van der Waals surface area contributed by atoms with Gasteiger partial charge in [-0.2, -0.15) is 0 Å². The van der Waals surface area contributed by atoms with Crippen molar-refractivity contribution in [1.29, 1.82) is 0 Å². The van der Waals surface area contributed by atoms with Gasteiger partial charge in [0, 0.05) is 17.4 Å². The van der Waals surface area contributed by atoms with Crippen LogP contribution in [0, 0.1) is 6.92 Å². The smallest absolute Gasteiger partial charge is 0.339 e. The number of esters is 1. The number of anilines is 1. The maximum atomic E-state index is 12.9. The van der Waals surface area contributed by atoms with Crippen LogP contribution in [-0.2, 0) is 16.0 Å². The van der Waals surface area contributed by atoms with Crippen molar-refractivity contribution in [2.75, 3.05) is 12.4 Å². The van der Waals surface area contributed by atoms with Gasteiger partial charge in [-0.15, -0.1) is 11.3 Å². The summed E-state index contributed by atoms with van der Waals surface area (Å²) in [7, 11) is 1.61. The fraction of sp³-hybridized carbons (Fsp3) is 0.227. The lowest BCUT2D eigenvalue weighted by molar-refractivity contribution is -0.134. The van der Waals surface area contributed by atoms with E-state index in [-0.39, 0.29) is 0 Å². The van der Waals surface area contributed by atoms with Gasteiger partial charge in [0.05, 0.1) is 18.4 Å². The first-order valence-electron chi connectivity index (χ1n) is 9.13. The lowest BCUT2D eigenvalue weighted by atomic mass is 9.89. The minimum absolute atomic E-state index is 0.310.